The van der Waals surface area contributed by atoms with Gasteiger partial charge in [0.2, 0.25) is 0 Å². The quantitative estimate of drug-likeness (QED) is 0.640. The summed E-state index contributed by atoms with van der Waals surface area (Å²) in [7, 11) is 0. The lowest BCUT2D eigenvalue weighted by Crippen LogP contribution is -2.25. The van der Waals surface area contributed by atoms with Crippen molar-refractivity contribution in [3.8, 4) is 0 Å². The molecule has 0 aliphatic heterocycles. The average molecular weight is 313 g/mol. The molecular formula is C14H17ClN2O4. The Morgan fingerprint density at radius 3 is 2.62 bits per heavy atom. The van der Waals surface area contributed by atoms with Crippen molar-refractivity contribution < 1.29 is 14.8 Å². The van der Waals surface area contributed by atoms with E-state index in [0.29, 0.717) is 31.0 Å². The van der Waals surface area contributed by atoms with Crippen molar-refractivity contribution >= 4 is 28.9 Å². The van der Waals surface area contributed by atoms with Crippen LogP contribution in [0.25, 0.3) is 0 Å². The van der Waals surface area contributed by atoms with Crippen LogP contribution < -0.4 is 5.32 Å². The topological polar surface area (TPSA) is 92.5 Å². The summed E-state index contributed by atoms with van der Waals surface area (Å²) in [5, 5.41) is 23.2. The van der Waals surface area contributed by atoms with Crippen LogP contribution in [0.15, 0.2) is 18.2 Å². The van der Waals surface area contributed by atoms with Gasteiger partial charge in [0.15, 0.2) is 0 Å². The lowest BCUT2D eigenvalue weighted by Gasteiger charge is -2.26. The first kappa shape index (κ1) is 15.6. The molecule has 0 bridgehead atoms. The van der Waals surface area contributed by atoms with Gasteiger partial charge >= 0.3 is 11.7 Å². The molecule has 2 rings (SSSR count). The highest BCUT2D eigenvalue weighted by molar-refractivity contribution is 6.33. The fourth-order valence-corrected chi connectivity index (χ4v) is 2.95. The molecule has 0 amide bonds. The van der Waals surface area contributed by atoms with Crippen molar-refractivity contribution in [3.05, 3.63) is 33.3 Å². The Morgan fingerprint density at radius 2 is 2.05 bits per heavy atom. The fourth-order valence-electron chi connectivity index (χ4n) is 2.71. The van der Waals surface area contributed by atoms with Crippen LogP contribution in [-0.2, 0) is 4.79 Å². The van der Waals surface area contributed by atoms with E-state index in [-0.39, 0.29) is 16.6 Å². The van der Waals surface area contributed by atoms with Gasteiger partial charge in [-0.1, -0.05) is 17.7 Å². The van der Waals surface area contributed by atoms with E-state index < -0.39 is 10.9 Å². The van der Waals surface area contributed by atoms with Gasteiger partial charge in [0.05, 0.1) is 10.8 Å². The molecule has 0 aromatic heterocycles. The summed E-state index contributed by atoms with van der Waals surface area (Å²) in [6.45, 7) is 0.591. The second kappa shape index (κ2) is 6.76. The molecule has 2 N–H and O–H groups in total. The van der Waals surface area contributed by atoms with Gasteiger partial charge in [-0.2, -0.15) is 0 Å². The van der Waals surface area contributed by atoms with E-state index in [1.54, 1.807) is 12.1 Å². The maximum atomic E-state index is 11.0. The summed E-state index contributed by atoms with van der Waals surface area (Å²) < 4.78 is 0. The number of hydrogen-bond acceptors (Lipinski definition) is 4. The molecule has 0 saturated heterocycles. The van der Waals surface area contributed by atoms with Gasteiger partial charge in [0.1, 0.15) is 10.7 Å². The molecule has 1 aliphatic carbocycles. The number of halogens is 1. The highest BCUT2D eigenvalue weighted by atomic mass is 35.5. The molecule has 21 heavy (non-hydrogen) atoms. The van der Waals surface area contributed by atoms with Gasteiger partial charge in [0, 0.05) is 6.54 Å². The van der Waals surface area contributed by atoms with Crippen LogP contribution in [0.1, 0.15) is 25.7 Å². The minimum Gasteiger partial charge on any atom is -0.481 e. The SMILES string of the molecule is O=C(O)C1CCC(CNc2cccc(Cl)c2[N+](=O)[O-])CC1. The van der Waals surface area contributed by atoms with Gasteiger partial charge in [0.25, 0.3) is 0 Å². The van der Waals surface area contributed by atoms with Gasteiger partial charge in [-0.15, -0.1) is 0 Å². The standard InChI is InChI=1S/C14H17ClN2O4/c15-11-2-1-3-12(13(11)17(20)21)16-8-9-4-6-10(7-5-9)14(18)19/h1-3,9-10,16H,4-8H2,(H,18,19). The number of para-hydroxylation sites is 1. The van der Waals surface area contributed by atoms with Crippen molar-refractivity contribution in [3.63, 3.8) is 0 Å². The van der Waals surface area contributed by atoms with E-state index in [0.717, 1.165) is 12.8 Å². The molecule has 114 valence electrons. The first-order chi connectivity index (χ1) is 9.99. The zero-order valence-corrected chi connectivity index (χ0v) is 12.2. The maximum absolute atomic E-state index is 11.0. The third-order valence-electron chi connectivity index (χ3n) is 3.95. The number of nitro groups is 1. The van der Waals surface area contributed by atoms with Crippen molar-refractivity contribution in [2.24, 2.45) is 11.8 Å². The summed E-state index contributed by atoms with van der Waals surface area (Å²) in [6.07, 6.45) is 2.97. The third kappa shape index (κ3) is 3.85. The molecule has 1 aromatic carbocycles. The summed E-state index contributed by atoms with van der Waals surface area (Å²) in [4.78, 5) is 21.4. The van der Waals surface area contributed by atoms with Crippen LogP contribution in [0.5, 0.6) is 0 Å². The highest BCUT2D eigenvalue weighted by Gasteiger charge is 2.26. The Bertz CT molecular complexity index is 542. The summed E-state index contributed by atoms with van der Waals surface area (Å²) in [6, 6.07) is 4.79. The van der Waals surface area contributed by atoms with Gasteiger partial charge in [-0.05, 0) is 43.7 Å². The number of anilines is 1. The molecule has 7 heteroatoms. The Hall–Kier alpha value is -1.82. The summed E-state index contributed by atoms with van der Waals surface area (Å²) in [5.41, 5.74) is 0.297. The Balaban J connectivity index is 1.94. The second-order valence-electron chi connectivity index (χ2n) is 5.33. The number of carboxylic acids is 1. The first-order valence-corrected chi connectivity index (χ1v) is 7.26. The normalized spacial score (nSPS) is 21.8. The fraction of sp³-hybridized carbons (Fsp3) is 0.500. The molecular weight excluding hydrogens is 296 g/mol. The lowest BCUT2D eigenvalue weighted by molar-refractivity contribution is -0.383. The van der Waals surface area contributed by atoms with E-state index in [1.807, 2.05) is 0 Å². The molecule has 0 spiro atoms. The van der Waals surface area contributed by atoms with Crippen LogP contribution in [0.2, 0.25) is 5.02 Å². The Kier molecular flexibility index (Phi) is 5.01. The monoisotopic (exact) mass is 312 g/mol. The minimum absolute atomic E-state index is 0.111. The number of hydrogen-bond donors (Lipinski definition) is 2. The molecule has 0 unspecified atom stereocenters. The molecule has 6 nitrogen and oxygen atoms in total. The van der Waals surface area contributed by atoms with Gasteiger partial charge in [-0.25, -0.2) is 0 Å². The van der Waals surface area contributed by atoms with Gasteiger partial charge in [-0.3, -0.25) is 14.9 Å². The minimum atomic E-state index is -0.730. The third-order valence-corrected chi connectivity index (χ3v) is 4.25. The van der Waals surface area contributed by atoms with Crippen molar-refractivity contribution in [2.45, 2.75) is 25.7 Å². The molecule has 1 fully saturated rings. The summed E-state index contributed by atoms with van der Waals surface area (Å²) >= 11 is 5.85. The summed E-state index contributed by atoms with van der Waals surface area (Å²) in [5.74, 6) is -0.646. The van der Waals surface area contributed by atoms with Gasteiger partial charge < -0.3 is 10.4 Å². The number of aliphatic carboxylic acids is 1. The van der Waals surface area contributed by atoms with E-state index in [1.165, 1.54) is 6.07 Å². The van der Waals surface area contributed by atoms with E-state index in [4.69, 9.17) is 16.7 Å². The van der Waals surface area contributed by atoms with Crippen LogP contribution >= 0.6 is 11.6 Å². The number of carboxylic acid groups (broad SMARTS) is 1. The number of rotatable bonds is 5. The predicted octanol–water partition coefficient (Wildman–Crippen LogP) is 3.55. The predicted molar refractivity (Wildman–Crippen MR) is 79.7 cm³/mol. The number of nitrogens with one attached hydrogen (secondary N) is 1. The molecule has 0 heterocycles. The number of benzene rings is 1. The molecule has 1 saturated carbocycles. The highest BCUT2D eigenvalue weighted by Crippen LogP contribution is 2.34. The zero-order chi connectivity index (χ0) is 15.4. The maximum Gasteiger partial charge on any atom is 0.310 e. The van der Waals surface area contributed by atoms with Crippen LogP contribution in [0.4, 0.5) is 11.4 Å². The van der Waals surface area contributed by atoms with Crippen molar-refractivity contribution in [2.75, 3.05) is 11.9 Å². The second-order valence-corrected chi connectivity index (χ2v) is 5.74. The van der Waals surface area contributed by atoms with E-state index >= 15 is 0 Å². The Morgan fingerprint density at radius 1 is 1.38 bits per heavy atom. The smallest absolute Gasteiger partial charge is 0.310 e. The number of nitrogens with zero attached hydrogens (tertiary/aromatic N) is 1. The zero-order valence-electron chi connectivity index (χ0n) is 11.4. The lowest BCUT2D eigenvalue weighted by atomic mass is 9.82. The van der Waals surface area contributed by atoms with E-state index in [2.05, 4.69) is 5.32 Å². The number of carbonyl (C=O) groups is 1. The molecule has 0 radical (unpaired) electrons. The van der Waals surface area contributed by atoms with E-state index in [9.17, 15) is 14.9 Å². The van der Waals surface area contributed by atoms with Crippen molar-refractivity contribution in [1.82, 2.24) is 0 Å². The molecule has 1 aromatic rings. The molecule has 1 aliphatic rings. The van der Waals surface area contributed by atoms with Crippen LogP contribution in [-0.4, -0.2) is 22.5 Å². The van der Waals surface area contributed by atoms with Crippen LogP contribution in [0, 0.1) is 22.0 Å². The van der Waals surface area contributed by atoms with Crippen molar-refractivity contribution in [1.29, 1.82) is 0 Å². The Labute approximate surface area is 127 Å². The first-order valence-electron chi connectivity index (χ1n) is 6.88. The average Bonchev–Trinajstić information content (AvgIpc) is 2.45. The largest absolute Gasteiger partial charge is 0.481 e. The molecule has 0 atom stereocenters. The number of nitro benzene ring substituents is 1. The van der Waals surface area contributed by atoms with Crippen LogP contribution in [0.3, 0.4) is 0 Å².